The lowest BCUT2D eigenvalue weighted by atomic mass is 10.1. The Balaban J connectivity index is 1.53. The lowest BCUT2D eigenvalue weighted by molar-refractivity contribution is -0.385. The van der Waals surface area contributed by atoms with Gasteiger partial charge in [-0.2, -0.15) is 39.8 Å². The van der Waals surface area contributed by atoms with E-state index in [1.165, 1.54) is 0 Å². The van der Waals surface area contributed by atoms with Gasteiger partial charge in [0.05, 0.1) is 40.0 Å². The zero-order chi connectivity index (χ0) is 52.4. The van der Waals surface area contributed by atoms with Gasteiger partial charge in [-0.25, -0.2) is 13.2 Å². The van der Waals surface area contributed by atoms with Crippen LogP contribution in [-0.2, 0) is 36.5 Å². The number of aliphatic hydroxyl groups excluding tert-OH is 2. The molecule has 0 radical (unpaired) electrons. The quantitative estimate of drug-likeness (QED) is 0.0210. The number of aromatic carboxylic acids is 1. The summed E-state index contributed by atoms with van der Waals surface area (Å²) in [7, 11) is -16.8. The van der Waals surface area contributed by atoms with Crippen LogP contribution in [0.5, 0.6) is 23.1 Å². The summed E-state index contributed by atoms with van der Waals surface area (Å²) >= 11 is 0. The highest BCUT2D eigenvalue weighted by Gasteiger charge is 2.34. The summed E-state index contributed by atoms with van der Waals surface area (Å²) < 4.78 is 161. The molecule has 0 fully saturated rings. The van der Waals surface area contributed by atoms with E-state index in [2.05, 4.69) is 35.8 Å². The molecule has 0 bridgehead atoms. The number of hydrogen-bond acceptors (Lipinski definition) is 23. The average molecular weight is 1050 g/mol. The van der Waals surface area contributed by atoms with Crippen LogP contribution in [-0.4, -0.2) is 112 Å². The first-order valence-electron chi connectivity index (χ1n) is 18.8. The van der Waals surface area contributed by atoms with Gasteiger partial charge in [0.2, 0.25) is 11.6 Å². The van der Waals surface area contributed by atoms with Gasteiger partial charge in [0.15, 0.2) is 11.4 Å². The number of non-ortho nitro benzene ring substituents is 1. The summed E-state index contributed by atoms with van der Waals surface area (Å²) in [5.74, 6) is -5.62. The molecular formula is C37H27F3N9O19S3-. The van der Waals surface area contributed by atoms with Gasteiger partial charge in [0.1, 0.15) is 67.4 Å². The first-order chi connectivity index (χ1) is 33.2. The van der Waals surface area contributed by atoms with Crippen molar-refractivity contribution in [3.63, 3.8) is 0 Å². The Morgan fingerprint density at radius 3 is 1.82 bits per heavy atom. The summed E-state index contributed by atoms with van der Waals surface area (Å²) in [4.78, 5) is 18.4. The fourth-order valence-electron chi connectivity index (χ4n) is 6.17. The van der Waals surface area contributed by atoms with Gasteiger partial charge in [-0.1, -0.05) is 12.1 Å². The van der Waals surface area contributed by atoms with Crippen molar-refractivity contribution < 1.29 is 96.8 Å². The van der Waals surface area contributed by atoms with E-state index in [4.69, 9.17) is 9.47 Å². The second-order valence-corrected chi connectivity index (χ2v) is 17.8. The van der Waals surface area contributed by atoms with Gasteiger partial charge >= 0.3 is 12.1 Å². The van der Waals surface area contributed by atoms with Gasteiger partial charge in [-0.15, -0.1) is 30.7 Å². The largest absolute Gasteiger partial charge is 0.744 e. The molecule has 7 N–H and O–H groups in total. The van der Waals surface area contributed by atoms with E-state index in [1.807, 2.05) is 0 Å². The van der Waals surface area contributed by atoms with Gasteiger partial charge in [-0.3, -0.25) is 19.2 Å². The SMILES string of the molecule is O=C(O)c1nn(-c2ccc3c(O)c(N=Nc4cc(OCCO)c(N=Nc5ccc([N+](=O)[O-])cc5S(=O)(=O)O)cc4OCCO)c(S(=O)(=O)[O-])cc3c2S(=O)(=O)O)c(O)c1N=Nc1ccccc1C(F)(F)F. The van der Waals surface area contributed by atoms with Crippen molar-refractivity contribution in [3.05, 3.63) is 94.2 Å². The standard InChI is InChI=1S/C37H28F3N9O19S3/c38-37(39,40)20-3-1-2-4-21(20)41-46-31-32(36(54)55)47-48(35(31)53)25-8-6-18-19(34(25)71(64,65)66)14-29(70(61,62)63)30(33(18)52)45-44-24-16-26(67-11-9-50)23(15-27(24)68-12-10-51)43-42-22-7-5-17(49(56)57)13-28(22)69(58,59)60/h1-8,13-16,50-53H,9-12H2,(H,54,55)(H,58,59,60)(H,61,62,63)(H,64,65,66)/p-1. The maximum atomic E-state index is 13.6. The van der Waals surface area contributed by atoms with Crippen LogP contribution in [0.1, 0.15) is 16.1 Å². The predicted octanol–water partition coefficient (Wildman–Crippen LogP) is 6.45. The number of azo groups is 3. The Kier molecular flexibility index (Phi) is 14.8. The molecule has 0 unspecified atom stereocenters. The van der Waals surface area contributed by atoms with Crippen molar-refractivity contribution in [1.82, 2.24) is 9.78 Å². The minimum absolute atomic E-state index is 0.0962. The molecule has 28 nitrogen and oxygen atoms in total. The topological polar surface area (TPSA) is 438 Å². The number of nitro groups is 1. The third-order valence-electron chi connectivity index (χ3n) is 9.12. The predicted molar refractivity (Wildman–Crippen MR) is 228 cm³/mol. The van der Waals surface area contributed by atoms with Crippen LogP contribution >= 0.6 is 0 Å². The molecule has 0 aliphatic heterocycles. The Bertz CT molecular complexity index is 3590. The highest BCUT2D eigenvalue weighted by Crippen LogP contribution is 2.48. The number of alkyl halides is 3. The van der Waals surface area contributed by atoms with Gasteiger partial charge in [0.25, 0.3) is 25.9 Å². The Hall–Kier alpha value is -8.12. The number of benzene rings is 5. The molecule has 6 rings (SSSR count). The van der Waals surface area contributed by atoms with Crippen molar-refractivity contribution in [1.29, 1.82) is 0 Å². The minimum Gasteiger partial charge on any atom is -0.744 e. The normalized spacial score (nSPS) is 12.7. The molecule has 6 aromatic rings. The number of carboxylic acids is 1. The molecular weight excluding hydrogens is 1030 g/mol. The number of nitrogens with zero attached hydrogens (tertiary/aromatic N) is 9. The van der Waals surface area contributed by atoms with E-state index in [0.717, 1.165) is 48.5 Å². The number of phenols is 1. The van der Waals surface area contributed by atoms with E-state index < -0.39 is 179 Å². The number of hydrogen-bond donors (Lipinski definition) is 7. The molecule has 0 atom stereocenters. The van der Waals surface area contributed by atoms with E-state index >= 15 is 0 Å². The van der Waals surface area contributed by atoms with Crippen LogP contribution in [0.4, 0.5) is 53.0 Å². The summed E-state index contributed by atoms with van der Waals surface area (Å²) in [5, 5.41) is 86.2. The minimum atomic E-state index is -5.91. The highest BCUT2D eigenvalue weighted by atomic mass is 32.2. The molecule has 0 amide bonds. The molecule has 0 spiro atoms. The average Bonchev–Trinajstić information content (AvgIpc) is 3.62. The van der Waals surface area contributed by atoms with Crippen LogP contribution in [0.25, 0.3) is 16.5 Å². The molecule has 0 aliphatic carbocycles. The van der Waals surface area contributed by atoms with E-state index in [1.54, 1.807) is 0 Å². The first kappa shape index (κ1) is 52.3. The van der Waals surface area contributed by atoms with Crippen LogP contribution in [0.15, 0.2) is 118 Å². The Labute approximate surface area is 393 Å². The second kappa shape index (κ2) is 20.1. The summed E-state index contributed by atoms with van der Waals surface area (Å²) in [6.45, 7) is -2.35. The lowest BCUT2D eigenvalue weighted by Gasteiger charge is -2.17. The molecule has 5 aromatic carbocycles. The molecule has 0 aliphatic rings. The van der Waals surface area contributed by atoms with Crippen molar-refractivity contribution in [2.24, 2.45) is 30.7 Å². The highest BCUT2D eigenvalue weighted by molar-refractivity contribution is 7.86. The molecule has 71 heavy (non-hydrogen) atoms. The van der Waals surface area contributed by atoms with Gasteiger partial charge in [0, 0.05) is 35.0 Å². The Morgan fingerprint density at radius 1 is 0.718 bits per heavy atom. The maximum Gasteiger partial charge on any atom is 0.418 e. The smallest absolute Gasteiger partial charge is 0.418 e. The number of aromatic hydroxyl groups is 2. The van der Waals surface area contributed by atoms with E-state index in [9.17, 15) is 92.5 Å². The number of ether oxygens (including phenoxy) is 2. The number of halogens is 3. The molecule has 0 saturated carbocycles. The number of aromatic nitrogens is 2. The van der Waals surface area contributed by atoms with E-state index in [-0.39, 0.29) is 10.7 Å². The zero-order valence-corrected chi connectivity index (χ0v) is 37.1. The number of carboxylic acid groups (broad SMARTS) is 1. The number of nitro benzene ring substituents is 1. The fourth-order valence-corrected chi connectivity index (χ4v) is 8.32. The molecule has 1 heterocycles. The first-order valence-corrected chi connectivity index (χ1v) is 23.1. The fraction of sp³-hybridized carbons (Fsp3) is 0.135. The molecule has 0 saturated heterocycles. The zero-order valence-electron chi connectivity index (χ0n) is 34.7. The van der Waals surface area contributed by atoms with Gasteiger partial charge in [-0.05, 0) is 36.4 Å². The van der Waals surface area contributed by atoms with Crippen molar-refractivity contribution in [2.45, 2.75) is 20.9 Å². The van der Waals surface area contributed by atoms with Crippen LogP contribution in [0, 0.1) is 10.1 Å². The van der Waals surface area contributed by atoms with Crippen LogP contribution in [0.2, 0.25) is 0 Å². The van der Waals surface area contributed by atoms with Gasteiger partial charge < -0.3 is 39.6 Å². The van der Waals surface area contributed by atoms with Crippen LogP contribution in [0.3, 0.4) is 0 Å². The van der Waals surface area contributed by atoms with Crippen molar-refractivity contribution in [3.8, 4) is 28.8 Å². The molecule has 374 valence electrons. The molecule has 1 aromatic heterocycles. The third-order valence-corrected chi connectivity index (χ3v) is 11.8. The Morgan fingerprint density at radius 2 is 1.28 bits per heavy atom. The number of rotatable bonds is 18. The lowest BCUT2D eigenvalue weighted by Crippen LogP contribution is -2.09. The third kappa shape index (κ3) is 11.3. The number of phenolic OH excluding ortho intramolecular Hbond substituents is 1. The van der Waals surface area contributed by atoms with Crippen molar-refractivity contribution in [2.75, 3.05) is 26.4 Å². The van der Waals surface area contributed by atoms with Crippen molar-refractivity contribution >= 4 is 86.9 Å². The number of carbonyl (C=O) groups is 1. The summed E-state index contributed by atoms with van der Waals surface area (Å²) in [6.07, 6.45) is -4.99. The summed E-state index contributed by atoms with van der Waals surface area (Å²) in [6, 6.07) is 9.23. The van der Waals surface area contributed by atoms with E-state index in [0.29, 0.717) is 18.2 Å². The number of aliphatic hydroxyl groups is 2. The van der Waals surface area contributed by atoms with Crippen LogP contribution < -0.4 is 9.47 Å². The second-order valence-electron chi connectivity index (χ2n) is 13.7. The monoisotopic (exact) mass is 1050 g/mol. The maximum absolute atomic E-state index is 13.6. The molecule has 34 heteroatoms. The summed E-state index contributed by atoms with van der Waals surface area (Å²) in [5.41, 5.74) is -9.16. The number of fused-ring (bicyclic) bond motifs is 1.